The number of sulfonamides is 1. The van der Waals surface area contributed by atoms with Crippen LogP contribution in [0.15, 0.2) is 47.8 Å². The van der Waals surface area contributed by atoms with Gasteiger partial charge < -0.3 is 9.80 Å². The van der Waals surface area contributed by atoms with Crippen molar-refractivity contribution in [3.63, 3.8) is 0 Å². The minimum atomic E-state index is -3.87. The van der Waals surface area contributed by atoms with Gasteiger partial charge in [-0.25, -0.2) is 13.4 Å². The van der Waals surface area contributed by atoms with Gasteiger partial charge in [0.25, 0.3) is 5.69 Å². The molecule has 1 atom stereocenters. The van der Waals surface area contributed by atoms with Crippen LogP contribution in [0.2, 0.25) is 0 Å². The Kier molecular flexibility index (Phi) is 6.33. The maximum Gasteiger partial charge on any atom is 0.270 e. The number of hydrogen-bond acceptors (Lipinski definition) is 8. The van der Waals surface area contributed by atoms with E-state index in [2.05, 4.69) is 14.9 Å². The van der Waals surface area contributed by atoms with Crippen molar-refractivity contribution >= 4 is 27.4 Å². The van der Waals surface area contributed by atoms with Gasteiger partial charge in [0.1, 0.15) is 5.82 Å². The van der Waals surface area contributed by atoms with Gasteiger partial charge in [-0.2, -0.15) is 4.31 Å². The molecular formula is C20H24N6O5S. The standard InChI is InChI=1S/C20H24N6O5S/c27-20(16-3-2-8-24(15-16)19-14-21-6-7-22-19)23-9-11-25(12-10-23)32(30,31)18-5-1-4-17(13-18)26(28)29/h1,4-7,13-14,16H,2-3,8-12,15H2. The van der Waals surface area contributed by atoms with E-state index in [-0.39, 0.29) is 48.6 Å². The molecule has 0 saturated carbocycles. The van der Waals surface area contributed by atoms with Crippen molar-refractivity contribution in [1.82, 2.24) is 19.2 Å². The summed E-state index contributed by atoms with van der Waals surface area (Å²) in [6.07, 6.45) is 6.57. The van der Waals surface area contributed by atoms with Crippen LogP contribution in [0.25, 0.3) is 0 Å². The molecule has 3 heterocycles. The topological polar surface area (TPSA) is 130 Å². The van der Waals surface area contributed by atoms with E-state index in [1.54, 1.807) is 23.5 Å². The van der Waals surface area contributed by atoms with E-state index in [1.807, 2.05) is 0 Å². The second-order valence-corrected chi connectivity index (χ2v) is 9.77. The first-order valence-electron chi connectivity index (χ1n) is 10.4. The van der Waals surface area contributed by atoms with E-state index in [0.717, 1.165) is 31.3 Å². The average Bonchev–Trinajstić information content (AvgIpc) is 2.84. The number of anilines is 1. The predicted molar refractivity (Wildman–Crippen MR) is 115 cm³/mol. The number of benzene rings is 1. The van der Waals surface area contributed by atoms with Gasteiger partial charge in [-0.3, -0.25) is 19.9 Å². The molecule has 11 nitrogen and oxygen atoms in total. The van der Waals surface area contributed by atoms with Crippen LogP contribution < -0.4 is 4.90 Å². The van der Waals surface area contributed by atoms with Crippen molar-refractivity contribution in [2.75, 3.05) is 44.2 Å². The normalized spacial score (nSPS) is 20.2. The lowest BCUT2D eigenvalue weighted by Gasteiger charge is -2.38. The SMILES string of the molecule is O=C(C1CCCN(c2cnccn2)C1)N1CCN(S(=O)(=O)c2cccc([N+](=O)[O-])c2)CC1. The van der Waals surface area contributed by atoms with Crippen molar-refractivity contribution < 1.29 is 18.1 Å². The number of amides is 1. The van der Waals surface area contributed by atoms with Gasteiger partial charge in [0, 0.05) is 63.8 Å². The van der Waals surface area contributed by atoms with Crippen LogP contribution in [0.3, 0.4) is 0 Å². The van der Waals surface area contributed by atoms with Crippen LogP contribution in [0, 0.1) is 16.0 Å². The molecule has 170 valence electrons. The first kappa shape index (κ1) is 22.1. The fourth-order valence-electron chi connectivity index (χ4n) is 4.15. The fourth-order valence-corrected chi connectivity index (χ4v) is 5.62. The Morgan fingerprint density at radius 1 is 1.12 bits per heavy atom. The fraction of sp³-hybridized carbons (Fsp3) is 0.450. The van der Waals surface area contributed by atoms with Crippen LogP contribution in [-0.4, -0.2) is 77.7 Å². The predicted octanol–water partition coefficient (Wildman–Crippen LogP) is 1.13. The van der Waals surface area contributed by atoms with Gasteiger partial charge in [0.2, 0.25) is 15.9 Å². The number of nitro benzene ring substituents is 1. The molecule has 0 bridgehead atoms. The Bertz CT molecular complexity index is 1090. The third kappa shape index (κ3) is 4.55. The summed E-state index contributed by atoms with van der Waals surface area (Å²) in [4.78, 5) is 35.5. The zero-order valence-electron chi connectivity index (χ0n) is 17.4. The molecular weight excluding hydrogens is 436 g/mol. The number of piperidine rings is 1. The molecule has 2 fully saturated rings. The van der Waals surface area contributed by atoms with E-state index in [9.17, 15) is 23.3 Å². The zero-order valence-corrected chi connectivity index (χ0v) is 18.2. The molecule has 0 aliphatic carbocycles. The summed E-state index contributed by atoms with van der Waals surface area (Å²) in [5, 5.41) is 11.0. The van der Waals surface area contributed by atoms with Crippen molar-refractivity contribution in [2.24, 2.45) is 5.92 Å². The van der Waals surface area contributed by atoms with E-state index in [4.69, 9.17) is 0 Å². The molecule has 0 radical (unpaired) electrons. The smallest absolute Gasteiger partial charge is 0.270 e. The van der Waals surface area contributed by atoms with E-state index >= 15 is 0 Å². The molecule has 32 heavy (non-hydrogen) atoms. The third-order valence-electron chi connectivity index (χ3n) is 5.86. The summed E-state index contributed by atoms with van der Waals surface area (Å²) in [6, 6.07) is 5.03. The van der Waals surface area contributed by atoms with Crippen molar-refractivity contribution in [2.45, 2.75) is 17.7 Å². The van der Waals surface area contributed by atoms with Crippen LogP contribution in [0.4, 0.5) is 11.5 Å². The molecule has 1 aromatic heterocycles. The minimum absolute atomic E-state index is 0.0194. The Hall–Kier alpha value is -3.12. The summed E-state index contributed by atoms with van der Waals surface area (Å²) in [6.45, 7) is 2.25. The Morgan fingerprint density at radius 3 is 2.59 bits per heavy atom. The highest BCUT2D eigenvalue weighted by molar-refractivity contribution is 7.89. The number of non-ortho nitro benzene ring substituents is 1. The molecule has 1 amide bonds. The molecule has 2 aliphatic heterocycles. The molecule has 0 spiro atoms. The summed E-state index contributed by atoms with van der Waals surface area (Å²) in [5.74, 6) is 0.592. The first-order chi connectivity index (χ1) is 15.4. The molecule has 0 N–H and O–H groups in total. The molecule has 4 rings (SSSR count). The molecule has 1 aromatic carbocycles. The number of hydrogen-bond donors (Lipinski definition) is 0. The highest BCUT2D eigenvalue weighted by Gasteiger charge is 2.34. The minimum Gasteiger partial charge on any atom is -0.355 e. The highest BCUT2D eigenvalue weighted by Crippen LogP contribution is 2.25. The van der Waals surface area contributed by atoms with E-state index in [1.165, 1.54) is 22.5 Å². The van der Waals surface area contributed by atoms with Crippen molar-refractivity contribution in [3.8, 4) is 0 Å². The Morgan fingerprint density at radius 2 is 1.91 bits per heavy atom. The largest absolute Gasteiger partial charge is 0.355 e. The zero-order chi connectivity index (χ0) is 22.7. The number of piperazine rings is 1. The monoisotopic (exact) mass is 460 g/mol. The number of nitro groups is 1. The van der Waals surface area contributed by atoms with E-state index in [0.29, 0.717) is 6.54 Å². The first-order valence-corrected chi connectivity index (χ1v) is 11.8. The van der Waals surface area contributed by atoms with Gasteiger partial charge in [0.05, 0.1) is 21.9 Å². The number of nitrogens with zero attached hydrogens (tertiary/aromatic N) is 6. The van der Waals surface area contributed by atoms with Crippen LogP contribution in [0.5, 0.6) is 0 Å². The van der Waals surface area contributed by atoms with Crippen LogP contribution >= 0.6 is 0 Å². The quantitative estimate of drug-likeness (QED) is 0.480. The van der Waals surface area contributed by atoms with Crippen LogP contribution in [0.1, 0.15) is 12.8 Å². The second-order valence-electron chi connectivity index (χ2n) is 7.83. The average molecular weight is 461 g/mol. The van der Waals surface area contributed by atoms with Crippen molar-refractivity contribution in [3.05, 3.63) is 53.0 Å². The lowest BCUT2D eigenvalue weighted by Crippen LogP contribution is -2.53. The summed E-state index contributed by atoms with van der Waals surface area (Å²) in [5.41, 5.74) is -0.273. The lowest BCUT2D eigenvalue weighted by molar-refractivity contribution is -0.385. The maximum absolute atomic E-state index is 13.1. The molecule has 2 saturated heterocycles. The third-order valence-corrected chi connectivity index (χ3v) is 7.76. The van der Waals surface area contributed by atoms with Gasteiger partial charge in [0.15, 0.2) is 0 Å². The van der Waals surface area contributed by atoms with Gasteiger partial charge >= 0.3 is 0 Å². The van der Waals surface area contributed by atoms with Crippen LogP contribution in [-0.2, 0) is 14.8 Å². The molecule has 12 heteroatoms. The molecule has 1 unspecified atom stereocenters. The number of carbonyl (C=O) groups excluding carboxylic acids is 1. The van der Waals surface area contributed by atoms with Gasteiger partial charge in [-0.05, 0) is 18.9 Å². The Balaban J connectivity index is 1.38. The molecule has 2 aliphatic rings. The summed E-state index contributed by atoms with van der Waals surface area (Å²) < 4.78 is 27.1. The number of carbonyl (C=O) groups is 1. The van der Waals surface area contributed by atoms with Gasteiger partial charge in [-0.1, -0.05) is 6.07 Å². The lowest BCUT2D eigenvalue weighted by atomic mass is 9.96. The number of rotatable bonds is 5. The maximum atomic E-state index is 13.1. The Labute approximate surface area is 185 Å². The van der Waals surface area contributed by atoms with Gasteiger partial charge in [-0.15, -0.1) is 0 Å². The van der Waals surface area contributed by atoms with Crippen molar-refractivity contribution in [1.29, 1.82) is 0 Å². The summed E-state index contributed by atoms with van der Waals surface area (Å²) in [7, 11) is -3.87. The highest BCUT2D eigenvalue weighted by atomic mass is 32.2. The van der Waals surface area contributed by atoms with E-state index < -0.39 is 14.9 Å². The molecule has 2 aromatic rings. The summed E-state index contributed by atoms with van der Waals surface area (Å²) >= 11 is 0. The number of aromatic nitrogens is 2. The second kappa shape index (κ2) is 9.17.